The molecule has 0 aliphatic heterocycles. The quantitative estimate of drug-likeness (QED) is 0.258. The average molecular weight is 557 g/mol. The van der Waals surface area contributed by atoms with Crippen molar-refractivity contribution in [2.24, 2.45) is 11.6 Å². The number of hydrogen-bond donors (Lipinski definition) is 2. The van der Waals surface area contributed by atoms with Gasteiger partial charge in [0.25, 0.3) is 5.91 Å². The topological polar surface area (TPSA) is 72.3 Å². The van der Waals surface area contributed by atoms with Gasteiger partial charge in [0.05, 0.1) is 5.56 Å². The summed E-state index contributed by atoms with van der Waals surface area (Å²) in [6.07, 6.45) is 0. The van der Waals surface area contributed by atoms with Crippen molar-refractivity contribution in [3.8, 4) is 0 Å². The molecule has 4 N–H and O–H groups in total. The Bertz CT molecular complexity index is 388. The summed E-state index contributed by atoms with van der Waals surface area (Å²) >= 11 is 6.51. The lowest BCUT2D eigenvalue weighted by molar-refractivity contribution is 0.0758. The molecular weight excluding hydrogens is 547 g/mol. The first-order valence-electron chi connectivity index (χ1n) is 4.38. The van der Waals surface area contributed by atoms with Crippen LogP contribution >= 0.6 is 67.8 Å². The smallest absolute Gasteiger partial charge is 0.269 e. The van der Waals surface area contributed by atoms with Gasteiger partial charge in [0.1, 0.15) is 0 Å². The van der Waals surface area contributed by atoms with Gasteiger partial charge in [-0.05, 0) is 79.9 Å². The van der Waals surface area contributed by atoms with Crippen molar-refractivity contribution in [1.82, 2.24) is 5.01 Å². The van der Waals surface area contributed by atoms with Gasteiger partial charge >= 0.3 is 0 Å². The molecule has 0 heterocycles. The standard InChI is InChI=1S/C9H10I3N3O/c10-5-3-6(11)8(7(12)4-5)9(16)15(14)2-1-13/h3-4H,1-2,13-14H2. The van der Waals surface area contributed by atoms with Crippen LogP contribution in [0.25, 0.3) is 0 Å². The molecule has 0 aromatic heterocycles. The zero-order valence-electron chi connectivity index (χ0n) is 8.21. The Labute approximate surface area is 135 Å². The maximum atomic E-state index is 12.0. The predicted molar refractivity (Wildman–Crippen MR) is 88.9 cm³/mol. The van der Waals surface area contributed by atoms with Gasteiger partial charge in [0, 0.05) is 23.8 Å². The van der Waals surface area contributed by atoms with Crippen molar-refractivity contribution in [3.63, 3.8) is 0 Å². The monoisotopic (exact) mass is 557 g/mol. The van der Waals surface area contributed by atoms with Gasteiger partial charge in [-0.15, -0.1) is 0 Å². The van der Waals surface area contributed by atoms with Crippen molar-refractivity contribution < 1.29 is 4.79 Å². The van der Waals surface area contributed by atoms with E-state index in [1.807, 2.05) is 12.1 Å². The minimum atomic E-state index is -0.185. The van der Waals surface area contributed by atoms with Gasteiger partial charge < -0.3 is 5.73 Å². The lowest BCUT2D eigenvalue weighted by Gasteiger charge is -2.17. The van der Waals surface area contributed by atoms with E-state index in [0.717, 1.165) is 15.7 Å². The fourth-order valence-corrected chi connectivity index (χ4v) is 5.17. The van der Waals surface area contributed by atoms with E-state index >= 15 is 0 Å². The van der Waals surface area contributed by atoms with Crippen LogP contribution in [0.4, 0.5) is 0 Å². The summed E-state index contributed by atoms with van der Waals surface area (Å²) in [7, 11) is 0. The van der Waals surface area contributed by atoms with E-state index in [-0.39, 0.29) is 5.91 Å². The van der Waals surface area contributed by atoms with E-state index < -0.39 is 0 Å². The van der Waals surface area contributed by atoms with Crippen molar-refractivity contribution in [2.75, 3.05) is 13.1 Å². The Morgan fingerprint density at radius 3 is 2.19 bits per heavy atom. The number of hydrogen-bond acceptors (Lipinski definition) is 3. The van der Waals surface area contributed by atoms with Crippen LogP contribution in [0.2, 0.25) is 0 Å². The summed E-state index contributed by atoms with van der Waals surface area (Å²) in [5.74, 6) is 5.45. The Morgan fingerprint density at radius 1 is 1.25 bits per heavy atom. The Balaban J connectivity index is 3.08. The number of nitrogens with two attached hydrogens (primary N) is 2. The van der Waals surface area contributed by atoms with Crippen LogP contribution in [0.15, 0.2) is 12.1 Å². The lowest BCUT2D eigenvalue weighted by Crippen LogP contribution is -2.41. The number of hydrazine groups is 1. The van der Waals surface area contributed by atoms with Crippen LogP contribution in [0.5, 0.6) is 0 Å². The van der Waals surface area contributed by atoms with Crippen molar-refractivity contribution in [2.45, 2.75) is 0 Å². The SMILES string of the molecule is NCCN(N)C(=O)c1c(I)cc(I)cc1I. The molecule has 0 bridgehead atoms. The van der Waals surface area contributed by atoms with E-state index in [4.69, 9.17) is 11.6 Å². The second-order valence-corrected chi connectivity index (χ2v) is 6.60. The molecule has 7 heteroatoms. The fourth-order valence-electron chi connectivity index (χ4n) is 1.13. The third-order valence-electron chi connectivity index (χ3n) is 1.85. The molecule has 4 nitrogen and oxygen atoms in total. The number of benzene rings is 1. The van der Waals surface area contributed by atoms with E-state index in [1.54, 1.807) is 0 Å². The maximum absolute atomic E-state index is 12.0. The number of nitrogens with zero attached hydrogens (tertiary/aromatic N) is 1. The third-order valence-corrected chi connectivity index (χ3v) is 4.18. The highest BCUT2D eigenvalue weighted by atomic mass is 127. The summed E-state index contributed by atoms with van der Waals surface area (Å²) in [5, 5.41) is 1.16. The van der Waals surface area contributed by atoms with Gasteiger partial charge in [0.2, 0.25) is 0 Å². The molecule has 16 heavy (non-hydrogen) atoms. The summed E-state index contributed by atoms with van der Waals surface area (Å²) in [4.78, 5) is 12.0. The Hall–Kier alpha value is 0.800. The van der Waals surface area contributed by atoms with Crippen LogP contribution in [0.1, 0.15) is 10.4 Å². The first-order valence-corrected chi connectivity index (χ1v) is 7.62. The molecule has 1 rings (SSSR count). The molecule has 1 aromatic rings. The Kier molecular flexibility index (Phi) is 6.18. The molecule has 0 spiro atoms. The highest BCUT2D eigenvalue weighted by Gasteiger charge is 2.18. The van der Waals surface area contributed by atoms with Crippen LogP contribution in [0, 0.1) is 10.7 Å². The minimum Gasteiger partial charge on any atom is -0.329 e. The average Bonchev–Trinajstić information content (AvgIpc) is 2.16. The van der Waals surface area contributed by atoms with E-state index in [1.165, 1.54) is 0 Å². The van der Waals surface area contributed by atoms with Gasteiger partial charge in [-0.3, -0.25) is 9.80 Å². The van der Waals surface area contributed by atoms with E-state index in [0.29, 0.717) is 18.7 Å². The summed E-state index contributed by atoms with van der Waals surface area (Å²) in [6.45, 7) is 0.719. The predicted octanol–water partition coefficient (Wildman–Crippen LogP) is 1.77. The molecule has 0 saturated carbocycles. The molecule has 1 amide bonds. The highest BCUT2D eigenvalue weighted by molar-refractivity contribution is 14.1. The largest absolute Gasteiger partial charge is 0.329 e. The Morgan fingerprint density at radius 2 is 1.75 bits per heavy atom. The normalized spacial score (nSPS) is 10.3. The number of carbonyl (C=O) groups excluding carboxylic acids is 1. The summed E-state index contributed by atoms with van der Waals surface area (Å²) in [6, 6.07) is 3.90. The molecule has 0 aliphatic carbocycles. The first-order chi connectivity index (χ1) is 7.47. The molecule has 0 aliphatic rings. The van der Waals surface area contributed by atoms with Crippen LogP contribution in [-0.2, 0) is 0 Å². The molecular formula is C9H10I3N3O. The van der Waals surface area contributed by atoms with Crippen molar-refractivity contribution >= 4 is 73.7 Å². The number of carbonyl (C=O) groups is 1. The zero-order chi connectivity index (χ0) is 12.3. The molecule has 0 fully saturated rings. The zero-order valence-corrected chi connectivity index (χ0v) is 14.7. The van der Waals surface area contributed by atoms with Crippen LogP contribution in [0.3, 0.4) is 0 Å². The van der Waals surface area contributed by atoms with Gasteiger partial charge in [-0.25, -0.2) is 5.84 Å². The first kappa shape index (κ1) is 14.9. The number of amides is 1. The van der Waals surface area contributed by atoms with E-state index in [9.17, 15) is 4.79 Å². The molecule has 0 radical (unpaired) electrons. The number of rotatable bonds is 3. The van der Waals surface area contributed by atoms with Crippen LogP contribution < -0.4 is 11.6 Å². The summed E-state index contributed by atoms with van der Waals surface area (Å²) in [5.41, 5.74) is 6.02. The minimum absolute atomic E-state index is 0.185. The second kappa shape index (κ2) is 6.66. The number of halogens is 3. The molecule has 1 aromatic carbocycles. The van der Waals surface area contributed by atoms with Gasteiger partial charge in [0.15, 0.2) is 0 Å². The van der Waals surface area contributed by atoms with Gasteiger partial charge in [-0.1, -0.05) is 0 Å². The summed E-state index contributed by atoms with van der Waals surface area (Å²) < 4.78 is 2.92. The van der Waals surface area contributed by atoms with Crippen molar-refractivity contribution in [1.29, 1.82) is 0 Å². The lowest BCUT2D eigenvalue weighted by atomic mass is 10.2. The van der Waals surface area contributed by atoms with Crippen molar-refractivity contribution in [3.05, 3.63) is 28.4 Å². The van der Waals surface area contributed by atoms with Crippen LogP contribution in [-0.4, -0.2) is 24.0 Å². The molecule has 0 atom stereocenters. The molecule has 88 valence electrons. The maximum Gasteiger partial charge on any atom is 0.269 e. The van der Waals surface area contributed by atoms with E-state index in [2.05, 4.69) is 67.8 Å². The third kappa shape index (κ3) is 3.65. The highest BCUT2D eigenvalue weighted by Crippen LogP contribution is 2.23. The second-order valence-electron chi connectivity index (χ2n) is 3.03. The fraction of sp³-hybridized carbons (Fsp3) is 0.222. The molecule has 0 saturated heterocycles. The molecule has 0 unspecified atom stereocenters. The van der Waals surface area contributed by atoms with Gasteiger partial charge in [-0.2, -0.15) is 0 Å².